The summed E-state index contributed by atoms with van der Waals surface area (Å²) in [6.07, 6.45) is 3.59. The Bertz CT molecular complexity index is 391. The SMILES string of the molecule is Cc1ccc(CC(NN)C(C)(C)N2CCCC2)cc1. The molecule has 1 heterocycles. The van der Waals surface area contributed by atoms with Gasteiger partial charge in [-0.25, -0.2) is 0 Å². The van der Waals surface area contributed by atoms with Gasteiger partial charge in [-0.15, -0.1) is 0 Å². The van der Waals surface area contributed by atoms with Gasteiger partial charge in [0, 0.05) is 11.6 Å². The number of nitrogens with zero attached hydrogens (tertiary/aromatic N) is 1. The van der Waals surface area contributed by atoms with E-state index in [2.05, 4.69) is 55.4 Å². The molecule has 1 fully saturated rings. The highest BCUT2D eigenvalue weighted by Gasteiger charge is 2.36. The Kier molecular flexibility index (Phi) is 4.61. The van der Waals surface area contributed by atoms with E-state index in [0.29, 0.717) is 0 Å². The van der Waals surface area contributed by atoms with Gasteiger partial charge in [-0.2, -0.15) is 0 Å². The van der Waals surface area contributed by atoms with Crippen LogP contribution in [0.2, 0.25) is 0 Å². The Morgan fingerprint density at radius 3 is 2.32 bits per heavy atom. The average molecular weight is 261 g/mol. The maximum Gasteiger partial charge on any atom is 0.0429 e. The molecule has 3 N–H and O–H groups in total. The van der Waals surface area contributed by atoms with Crippen molar-refractivity contribution in [3.05, 3.63) is 35.4 Å². The minimum atomic E-state index is 0.0934. The fraction of sp³-hybridized carbons (Fsp3) is 0.625. The van der Waals surface area contributed by atoms with Crippen molar-refractivity contribution in [1.29, 1.82) is 0 Å². The topological polar surface area (TPSA) is 41.3 Å². The third-order valence-corrected chi connectivity index (χ3v) is 4.54. The molecule has 19 heavy (non-hydrogen) atoms. The molecule has 0 spiro atoms. The van der Waals surface area contributed by atoms with Crippen LogP contribution in [0.3, 0.4) is 0 Å². The first-order valence-corrected chi connectivity index (χ1v) is 7.31. The molecular formula is C16H27N3. The standard InChI is InChI=1S/C16H27N3/c1-13-6-8-14(9-7-13)12-15(18-17)16(2,3)19-10-4-5-11-19/h6-9,15,18H,4-5,10-12,17H2,1-3H3. The molecule has 1 aromatic carbocycles. The van der Waals surface area contributed by atoms with E-state index in [1.54, 1.807) is 0 Å². The van der Waals surface area contributed by atoms with Gasteiger partial charge in [0.05, 0.1) is 0 Å². The second kappa shape index (κ2) is 6.04. The number of likely N-dealkylation sites (tertiary alicyclic amines) is 1. The second-order valence-electron chi connectivity index (χ2n) is 6.26. The van der Waals surface area contributed by atoms with Crippen LogP contribution in [0.5, 0.6) is 0 Å². The summed E-state index contributed by atoms with van der Waals surface area (Å²) in [6, 6.07) is 9.03. The molecule has 2 rings (SSSR count). The lowest BCUT2D eigenvalue weighted by Gasteiger charge is -2.42. The Balaban J connectivity index is 2.08. The highest BCUT2D eigenvalue weighted by Crippen LogP contribution is 2.26. The van der Waals surface area contributed by atoms with E-state index >= 15 is 0 Å². The van der Waals surface area contributed by atoms with Crippen LogP contribution in [0.15, 0.2) is 24.3 Å². The van der Waals surface area contributed by atoms with Crippen LogP contribution in [0.4, 0.5) is 0 Å². The van der Waals surface area contributed by atoms with Gasteiger partial charge < -0.3 is 0 Å². The molecule has 0 aliphatic carbocycles. The van der Waals surface area contributed by atoms with E-state index in [0.717, 1.165) is 6.42 Å². The Labute approximate surface area is 117 Å². The summed E-state index contributed by atoms with van der Waals surface area (Å²) in [5.41, 5.74) is 5.79. The third-order valence-electron chi connectivity index (χ3n) is 4.54. The number of benzene rings is 1. The monoisotopic (exact) mass is 261 g/mol. The van der Waals surface area contributed by atoms with Crippen LogP contribution in [-0.4, -0.2) is 29.6 Å². The minimum absolute atomic E-state index is 0.0934. The summed E-state index contributed by atoms with van der Waals surface area (Å²) in [7, 11) is 0. The van der Waals surface area contributed by atoms with Gasteiger partial charge in [0.15, 0.2) is 0 Å². The van der Waals surface area contributed by atoms with E-state index in [1.165, 1.54) is 37.1 Å². The highest BCUT2D eigenvalue weighted by atomic mass is 15.3. The van der Waals surface area contributed by atoms with E-state index < -0.39 is 0 Å². The van der Waals surface area contributed by atoms with Crippen molar-refractivity contribution < 1.29 is 0 Å². The molecule has 0 bridgehead atoms. The van der Waals surface area contributed by atoms with Crippen LogP contribution in [0.25, 0.3) is 0 Å². The van der Waals surface area contributed by atoms with Crippen molar-refractivity contribution in [3.63, 3.8) is 0 Å². The summed E-state index contributed by atoms with van der Waals surface area (Å²) >= 11 is 0. The predicted octanol–water partition coefficient (Wildman–Crippen LogP) is 2.24. The first-order chi connectivity index (χ1) is 9.04. The van der Waals surface area contributed by atoms with Crippen LogP contribution < -0.4 is 11.3 Å². The van der Waals surface area contributed by atoms with Gasteiger partial charge in [-0.3, -0.25) is 16.2 Å². The lowest BCUT2D eigenvalue weighted by molar-refractivity contribution is 0.106. The van der Waals surface area contributed by atoms with Crippen LogP contribution >= 0.6 is 0 Å². The molecule has 1 aliphatic heterocycles. The molecule has 0 amide bonds. The third kappa shape index (κ3) is 3.35. The van der Waals surface area contributed by atoms with Crippen molar-refractivity contribution >= 4 is 0 Å². The largest absolute Gasteiger partial charge is 0.297 e. The Morgan fingerprint density at radius 2 is 1.79 bits per heavy atom. The van der Waals surface area contributed by atoms with E-state index in [9.17, 15) is 0 Å². The molecule has 1 atom stereocenters. The number of aryl methyl sites for hydroxylation is 1. The van der Waals surface area contributed by atoms with Crippen molar-refractivity contribution in [2.24, 2.45) is 5.84 Å². The minimum Gasteiger partial charge on any atom is -0.297 e. The average Bonchev–Trinajstić information content (AvgIpc) is 2.92. The fourth-order valence-electron chi connectivity index (χ4n) is 2.99. The smallest absolute Gasteiger partial charge is 0.0429 e. The van der Waals surface area contributed by atoms with Gasteiger partial charge in [0.25, 0.3) is 0 Å². The van der Waals surface area contributed by atoms with Crippen molar-refractivity contribution in [3.8, 4) is 0 Å². The van der Waals surface area contributed by atoms with Gasteiger partial charge >= 0.3 is 0 Å². The molecule has 0 radical (unpaired) electrons. The fourth-order valence-corrected chi connectivity index (χ4v) is 2.99. The lowest BCUT2D eigenvalue weighted by atomic mass is 9.88. The Hall–Kier alpha value is -0.900. The van der Waals surface area contributed by atoms with Gasteiger partial charge in [-0.05, 0) is 58.7 Å². The molecule has 3 heteroatoms. The molecule has 1 aromatic rings. The van der Waals surface area contributed by atoms with Crippen LogP contribution in [-0.2, 0) is 6.42 Å². The predicted molar refractivity (Wildman–Crippen MR) is 80.9 cm³/mol. The van der Waals surface area contributed by atoms with Crippen molar-refractivity contribution in [2.75, 3.05) is 13.1 Å². The number of nitrogens with two attached hydrogens (primary N) is 1. The number of nitrogens with one attached hydrogen (secondary N) is 1. The molecule has 1 aliphatic rings. The van der Waals surface area contributed by atoms with Gasteiger partial charge in [0.1, 0.15) is 0 Å². The lowest BCUT2D eigenvalue weighted by Crippen LogP contribution is -2.59. The van der Waals surface area contributed by atoms with Crippen LogP contribution in [0.1, 0.15) is 37.8 Å². The molecule has 0 saturated carbocycles. The van der Waals surface area contributed by atoms with Crippen molar-refractivity contribution in [1.82, 2.24) is 10.3 Å². The number of rotatable bonds is 5. The summed E-state index contributed by atoms with van der Waals surface area (Å²) in [4.78, 5) is 2.56. The molecule has 3 nitrogen and oxygen atoms in total. The van der Waals surface area contributed by atoms with Gasteiger partial charge in [-0.1, -0.05) is 29.8 Å². The van der Waals surface area contributed by atoms with Crippen LogP contribution in [0, 0.1) is 6.92 Å². The zero-order valence-corrected chi connectivity index (χ0v) is 12.4. The zero-order chi connectivity index (χ0) is 13.9. The summed E-state index contributed by atoms with van der Waals surface area (Å²) in [6.45, 7) is 9.11. The molecule has 0 aromatic heterocycles. The summed E-state index contributed by atoms with van der Waals surface area (Å²) in [5.74, 6) is 5.83. The number of hydrazine groups is 1. The van der Waals surface area contributed by atoms with E-state index in [4.69, 9.17) is 5.84 Å². The molecule has 1 saturated heterocycles. The normalized spacial score (nSPS) is 18.7. The molecule has 1 unspecified atom stereocenters. The first-order valence-electron chi connectivity index (χ1n) is 7.31. The van der Waals surface area contributed by atoms with Crippen molar-refractivity contribution in [2.45, 2.75) is 51.6 Å². The maximum atomic E-state index is 5.83. The molecule has 106 valence electrons. The zero-order valence-electron chi connectivity index (χ0n) is 12.4. The highest BCUT2D eigenvalue weighted by molar-refractivity contribution is 5.22. The number of hydrogen-bond acceptors (Lipinski definition) is 3. The second-order valence-corrected chi connectivity index (χ2v) is 6.26. The quantitative estimate of drug-likeness (QED) is 0.631. The Morgan fingerprint density at radius 1 is 1.21 bits per heavy atom. The van der Waals surface area contributed by atoms with Gasteiger partial charge in [0.2, 0.25) is 0 Å². The number of hydrogen-bond donors (Lipinski definition) is 2. The van der Waals surface area contributed by atoms with E-state index in [-0.39, 0.29) is 11.6 Å². The first kappa shape index (κ1) is 14.5. The maximum absolute atomic E-state index is 5.83. The molecular weight excluding hydrogens is 234 g/mol. The summed E-state index contributed by atoms with van der Waals surface area (Å²) in [5, 5.41) is 0. The van der Waals surface area contributed by atoms with E-state index in [1.807, 2.05) is 0 Å². The summed E-state index contributed by atoms with van der Waals surface area (Å²) < 4.78 is 0.